The van der Waals surface area contributed by atoms with Crippen molar-refractivity contribution in [3.63, 3.8) is 0 Å². The van der Waals surface area contributed by atoms with Gasteiger partial charge in [-0.3, -0.25) is 0 Å². The van der Waals surface area contributed by atoms with Gasteiger partial charge >= 0.3 is 0 Å². The van der Waals surface area contributed by atoms with Gasteiger partial charge in [0, 0.05) is 24.6 Å². The van der Waals surface area contributed by atoms with Crippen molar-refractivity contribution < 1.29 is 14.3 Å². The molecule has 1 unspecified atom stereocenters. The van der Waals surface area contributed by atoms with Gasteiger partial charge in [-0.25, -0.2) is 14.9 Å². The molecule has 0 bridgehead atoms. The van der Waals surface area contributed by atoms with Crippen LogP contribution in [0, 0.1) is 5.41 Å². The molecule has 5 rings (SSSR count). The van der Waals surface area contributed by atoms with Crippen molar-refractivity contribution in [3.05, 3.63) is 53.6 Å². The summed E-state index contributed by atoms with van der Waals surface area (Å²) in [4.78, 5) is 11.5. The molecule has 0 aromatic heterocycles. The van der Waals surface area contributed by atoms with E-state index in [1.807, 2.05) is 19.2 Å². The van der Waals surface area contributed by atoms with Gasteiger partial charge in [0.1, 0.15) is 5.75 Å². The number of aliphatic imine (C=N–C) groups is 1. The predicted molar refractivity (Wildman–Crippen MR) is 125 cm³/mol. The summed E-state index contributed by atoms with van der Waals surface area (Å²) in [5.74, 6) is 1.28. The van der Waals surface area contributed by atoms with Crippen LogP contribution < -0.4 is 10.5 Å². The van der Waals surface area contributed by atoms with Crippen molar-refractivity contribution >= 4 is 5.96 Å². The maximum Gasteiger partial charge on any atom is 0.220 e. The average molecular weight is 436 g/mol. The van der Waals surface area contributed by atoms with Crippen LogP contribution in [0.2, 0.25) is 0 Å². The number of methoxy groups -OCH3 is 1. The summed E-state index contributed by atoms with van der Waals surface area (Å²) < 4.78 is 11.5. The monoisotopic (exact) mass is 435 g/mol. The topological polar surface area (TPSA) is 69.3 Å². The summed E-state index contributed by atoms with van der Waals surface area (Å²) in [5, 5.41) is 1.63. The second-order valence-electron chi connectivity index (χ2n) is 9.33. The van der Waals surface area contributed by atoms with E-state index in [-0.39, 0.29) is 5.41 Å². The zero-order valence-electron chi connectivity index (χ0n) is 19.3. The van der Waals surface area contributed by atoms with E-state index in [0.717, 1.165) is 67.6 Å². The molecule has 0 amide bonds. The summed E-state index contributed by atoms with van der Waals surface area (Å²) in [6.45, 7) is 2.99. The quantitative estimate of drug-likeness (QED) is 0.742. The van der Waals surface area contributed by atoms with Crippen LogP contribution in [0.4, 0.5) is 0 Å². The number of hydroxylamine groups is 2. The van der Waals surface area contributed by atoms with Crippen molar-refractivity contribution in [2.75, 3.05) is 20.8 Å². The van der Waals surface area contributed by atoms with Crippen molar-refractivity contribution in [2.45, 2.75) is 57.3 Å². The van der Waals surface area contributed by atoms with E-state index in [0.29, 0.717) is 12.1 Å². The fraction of sp³-hybridized carbons (Fsp3) is 0.500. The van der Waals surface area contributed by atoms with E-state index < -0.39 is 5.72 Å². The number of rotatable bonds is 5. The Hall–Kier alpha value is -2.57. The Balaban J connectivity index is 1.54. The van der Waals surface area contributed by atoms with E-state index in [1.165, 1.54) is 5.56 Å². The highest BCUT2D eigenvalue weighted by Gasteiger charge is 2.63. The normalized spacial score (nSPS) is 28.9. The van der Waals surface area contributed by atoms with Gasteiger partial charge in [-0.05, 0) is 73.4 Å². The molecule has 32 heavy (non-hydrogen) atoms. The first-order valence-corrected chi connectivity index (χ1v) is 11.7. The van der Waals surface area contributed by atoms with E-state index in [2.05, 4.69) is 37.3 Å². The molecule has 1 fully saturated rings. The molecule has 2 spiro atoms. The highest BCUT2D eigenvalue weighted by molar-refractivity contribution is 5.79. The Morgan fingerprint density at radius 3 is 2.62 bits per heavy atom. The third kappa shape index (κ3) is 3.28. The average Bonchev–Trinajstić information content (AvgIpc) is 3.26. The zero-order valence-corrected chi connectivity index (χ0v) is 19.3. The van der Waals surface area contributed by atoms with Crippen LogP contribution in [0.15, 0.2) is 47.5 Å². The Morgan fingerprint density at radius 2 is 1.94 bits per heavy atom. The number of hydrogen-bond acceptors (Lipinski definition) is 6. The van der Waals surface area contributed by atoms with E-state index in [1.54, 1.807) is 12.2 Å². The molecule has 2 aliphatic carbocycles. The van der Waals surface area contributed by atoms with Crippen LogP contribution >= 0.6 is 0 Å². The number of ether oxygens (including phenoxy) is 2. The Kier molecular flexibility index (Phi) is 5.38. The minimum Gasteiger partial charge on any atom is -0.497 e. The highest BCUT2D eigenvalue weighted by Crippen LogP contribution is 2.62. The summed E-state index contributed by atoms with van der Waals surface area (Å²) in [6, 6.07) is 14.8. The van der Waals surface area contributed by atoms with Gasteiger partial charge in [0.2, 0.25) is 11.7 Å². The van der Waals surface area contributed by atoms with Crippen molar-refractivity contribution in [1.82, 2.24) is 5.06 Å². The molecule has 0 saturated heterocycles. The summed E-state index contributed by atoms with van der Waals surface area (Å²) in [7, 11) is 3.54. The van der Waals surface area contributed by atoms with Gasteiger partial charge < -0.3 is 15.2 Å². The van der Waals surface area contributed by atoms with Gasteiger partial charge in [-0.15, -0.1) is 0 Å². The standard InChI is InChI=1S/C26H33N3O3/c1-4-14-31-21-10-12-25(13-11-21)17-20-9-8-19(18-6-5-7-22(15-18)30-3)16-23(20)26(25)28-24(27)29(2)32-26/h5-9,15-16,21H,4,10-14,17H2,1-3H3,(H2,27,28)/t21-,25+,26?. The molecule has 2 aromatic rings. The number of fused-ring (bicyclic) bond motifs is 3. The fourth-order valence-electron chi connectivity index (χ4n) is 5.73. The van der Waals surface area contributed by atoms with E-state index >= 15 is 0 Å². The lowest BCUT2D eigenvalue weighted by molar-refractivity contribution is -0.232. The molecule has 1 saturated carbocycles. The third-order valence-electron chi connectivity index (χ3n) is 7.44. The zero-order chi connectivity index (χ0) is 22.3. The molecular weight excluding hydrogens is 402 g/mol. The number of nitrogens with two attached hydrogens (primary N) is 1. The fourth-order valence-corrected chi connectivity index (χ4v) is 5.73. The molecule has 1 aliphatic heterocycles. The number of hydrogen-bond donors (Lipinski definition) is 1. The largest absolute Gasteiger partial charge is 0.497 e. The molecule has 6 heteroatoms. The molecule has 1 heterocycles. The SMILES string of the molecule is CCCO[C@H]1CC[C@@]2(CC1)Cc1ccc(-c3cccc(OC)c3)cc1C21N=C(N)N(C)O1. The summed E-state index contributed by atoms with van der Waals surface area (Å²) in [5.41, 5.74) is 10.1. The van der Waals surface area contributed by atoms with Crippen LogP contribution in [0.25, 0.3) is 11.1 Å². The Morgan fingerprint density at radius 1 is 1.16 bits per heavy atom. The predicted octanol–water partition coefficient (Wildman–Crippen LogP) is 4.62. The van der Waals surface area contributed by atoms with Crippen molar-refractivity contribution in [2.24, 2.45) is 16.1 Å². The molecule has 6 nitrogen and oxygen atoms in total. The Bertz CT molecular complexity index is 1030. The summed E-state index contributed by atoms with van der Waals surface area (Å²) in [6.07, 6.45) is 6.41. The molecule has 3 aliphatic rings. The number of guanidine groups is 1. The third-order valence-corrected chi connectivity index (χ3v) is 7.44. The first kappa shape index (κ1) is 21.3. The number of benzene rings is 2. The lowest BCUT2D eigenvalue weighted by Crippen LogP contribution is -2.46. The van der Waals surface area contributed by atoms with E-state index in [9.17, 15) is 0 Å². The first-order chi connectivity index (χ1) is 15.5. The lowest BCUT2D eigenvalue weighted by Gasteiger charge is -2.45. The van der Waals surface area contributed by atoms with Crippen LogP contribution in [-0.4, -0.2) is 37.9 Å². The smallest absolute Gasteiger partial charge is 0.220 e. The lowest BCUT2D eigenvalue weighted by atomic mass is 9.66. The maximum atomic E-state index is 6.53. The molecule has 2 N–H and O–H groups in total. The van der Waals surface area contributed by atoms with Crippen molar-refractivity contribution in [3.8, 4) is 16.9 Å². The van der Waals surface area contributed by atoms with Crippen LogP contribution in [0.5, 0.6) is 5.75 Å². The molecule has 1 atom stereocenters. The van der Waals surface area contributed by atoms with Crippen LogP contribution in [-0.2, 0) is 21.7 Å². The van der Waals surface area contributed by atoms with Crippen molar-refractivity contribution in [1.29, 1.82) is 0 Å². The molecular formula is C26H33N3O3. The number of nitrogens with zero attached hydrogens (tertiary/aromatic N) is 2. The summed E-state index contributed by atoms with van der Waals surface area (Å²) >= 11 is 0. The van der Waals surface area contributed by atoms with Gasteiger partial charge in [0.05, 0.1) is 13.2 Å². The minimum atomic E-state index is -0.772. The van der Waals surface area contributed by atoms with Gasteiger partial charge in [-0.2, -0.15) is 0 Å². The van der Waals surface area contributed by atoms with E-state index in [4.69, 9.17) is 25.0 Å². The first-order valence-electron chi connectivity index (χ1n) is 11.7. The van der Waals surface area contributed by atoms with Gasteiger partial charge in [-0.1, -0.05) is 31.2 Å². The van der Waals surface area contributed by atoms with Crippen LogP contribution in [0.1, 0.15) is 50.2 Å². The van der Waals surface area contributed by atoms with Gasteiger partial charge in [0.15, 0.2) is 0 Å². The molecule has 170 valence electrons. The van der Waals surface area contributed by atoms with Gasteiger partial charge in [0.25, 0.3) is 0 Å². The minimum absolute atomic E-state index is 0.107. The molecule has 2 aromatic carbocycles. The maximum absolute atomic E-state index is 6.53. The van der Waals surface area contributed by atoms with Crippen LogP contribution in [0.3, 0.4) is 0 Å². The second-order valence-corrected chi connectivity index (χ2v) is 9.33. The Labute approximate surface area is 190 Å². The second kappa shape index (κ2) is 8.09. The highest BCUT2D eigenvalue weighted by atomic mass is 16.7. The molecule has 0 radical (unpaired) electrons.